The fourth-order valence-electron chi connectivity index (χ4n) is 2.70. The number of fused-ring (bicyclic) bond motifs is 1. The van der Waals surface area contributed by atoms with E-state index in [-0.39, 0.29) is 0 Å². The highest BCUT2D eigenvalue weighted by Crippen LogP contribution is 2.42. The fourth-order valence-corrected chi connectivity index (χ4v) is 3.18. The molecule has 1 aliphatic rings. The summed E-state index contributed by atoms with van der Waals surface area (Å²) in [5, 5.41) is 0.698. The molecule has 21 heavy (non-hydrogen) atoms. The van der Waals surface area contributed by atoms with Crippen molar-refractivity contribution in [2.45, 2.75) is 12.5 Å². The lowest BCUT2D eigenvalue weighted by molar-refractivity contribution is 0.326. The lowest BCUT2D eigenvalue weighted by Crippen LogP contribution is -2.25. The average Bonchev–Trinajstić information content (AvgIpc) is 2.84. The molecule has 1 aliphatic heterocycles. The maximum absolute atomic E-state index is 6.34. The molecule has 1 atom stereocenters. The van der Waals surface area contributed by atoms with E-state index in [9.17, 15) is 0 Å². The molecule has 0 amide bonds. The number of hydrogen-bond donors (Lipinski definition) is 0. The van der Waals surface area contributed by atoms with Gasteiger partial charge in [0, 0.05) is 10.6 Å². The zero-order valence-electron chi connectivity index (χ0n) is 11.6. The third-order valence-corrected chi connectivity index (χ3v) is 4.33. The first-order valence-electron chi connectivity index (χ1n) is 6.86. The third kappa shape index (κ3) is 2.33. The minimum atomic E-state index is -0.604. The van der Waals surface area contributed by atoms with Gasteiger partial charge < -0.3 is 4.74 Å². The summed E-state index contributed by atoms with van der Waals surface area (Å²) in [4.78, 5) is 4.82. The fraction of sp³-hybridized carbons (Fsp3) is 0.235. The molecular formula is C17H15Cl2NO. The molecule has 0 saturated carbocycles. The molecule has 0 bridgehead atoms. The predicted molar refractivity (Wildman–Crippen MR) is 87.6 cm³/mol. The Hall–Kier alpha value is -1.51. The molecule has 3 rings (SSSR count). The van der Waals surface area contributed by atoms with Crippen LogP contribution in [0.25, 0.3) is 0 Å². The lowest BCUT2D eigenvalue weighted by atomic mass is 9.85. The van der Waals surface area contributed by atoms with Gasteiger partial charge in [0.25, 0.3) is 0 Å². The van der Waals surface area contributed by atoms with Crippen LogP contribution >= 0.6 is 23.2 Å². The van der Waals surface area contributed by atoms with Crippen LogP contribution < -0.4 is 0 Å². The summed E-state index contributed by atoms with van der Waals surface area (Å²) >= 11 is 12.3. The molecule has 0 fully saturated rings. The van der Waals surface area contributed by atoms with Crippen LogP contribution in [0.5, 0.6) is 0 Å². The molecular weight excluding hydrogens is 305 g/mol. The number of ether oxygens (including phenoxy) is 1. The summed E-state index contributed by atoms with van der Waals surface area (Å²) in [5.41, 5.74) is 2.50. The smallest absolute Gasteiger partial charge is 0.217 e. The quantitative estimate of drug-likeness (QED) is 0.756. The zero-order chi connectivity index (χ0) is 14.9. The molecule has 2 aromatic carbocycles. The second-order valence-corrected chi connectivity index (χ2v) is 5.60. The number of aliphatic imine (C=N–C) groups is 1. The molecule has 108 valence electrons. The topological polar surface area (TPSA) is 21.6 Å². The highest BCUT2D eigenvalue weighted by molar-refractivity contribution is 6.30. The summed E-state index contributed by atoms with van der Waals surface area (Å²) in [5.74, 6) is 1.01. The van der Waals surface area contributed by atoms with Crippen molar-refractivity contribution in [3.8, 4) is 0 Å². The minimum absolute atomic E-state index is 0.349. The van der Waals surface area contributed by atoms with E-state index in [0.29, 0.717) is 23.4 Å². The Bertz CT molecular complexity index is 681. The molecule has 0 spiro atoms. The molecule has 0 saturated heterocycles. The van der Waals surface area contributed by atoms with Crippen molar-refractivity contribution in [1.82, 2.24) is 0 Å². The van der Waals surface area contributed by atoms with Gasteiger partial charge in [-0.3, -0.25) is 0 Å². The molecule has 2 nitrogen and oxygen atoms in total. The molecule has 0 N–H and O–H groups in total. The van der Waals surface area contributed by atoms with Gasteiger partial charge in [-0.05, 0) is 36.2 Å². The van der Waals surface area contributed by atoms with Crippen molar-refractivity contribution in [1.29, 1.82) is 0 Å². The number of rotatable bonds is 3. The van der Waals surface area contributed by atoms with Crippen LogP contribution in [-0.2, 0) is 10.3 Å². The zero-order valence-corrected chi connectivity index (χ0v) is 13.2. The molecule has 4 heteroatoms. The average molecular weight is 320 g/mol. The Kier molecular flexibility index (Phi) is 3.92. The van der Waals surface area contributed by atoms with Gasteiger partial charge in [-0.25, -0.2) is 4.99 Å². The number of alkyl halides is 1. The second kappa shape index (κ2) is 5.70. The van der Waals surface area contributed by atoms with Gasteiger partial charge in [0.2, 0.25) is 5.90 Å². The number of hydrogen-bond acceptors (Lipinski definition) is 2. The van der Waals surface area contributed by atoms with Gasteiger partial charge in [-0.2, -0.15) is 0 Å². The second-order valence-electron chi connectivity index (χ2n) is 4.90. The Labute approximate surface area is 134 Å². The van der Waals surface area contributed by atoms with Gasteiger partial charge in [0.15, 0.2) is 0 Å². The summed E-state index contributed by atoms with van der Waals surface area (Å²) in [7, 11) is 0. The highest BCUT2D eigenvalue weighted by atomic mass is 35.5. The Morgan fingerprint density at radius 3 is 2.48 bits per heavy atom. The van der Waals surface area contributed by atoms with E-state index in [4.69, 9.17) is 32.9 Å². The maximum Gasteiger partial charge on any atom is 0.217 e. The standard InChI is InChI=1S/C17H15Cl2NO/c1-2-21-16-14-5-3-4-6-15(14)17(11-18,20-16)12-7-9-13(19)10-8-12/h3-10H,2,11H2,1H3. The van der Waals surface area contributed by atoms with E-state index in [2.05, 4.69) is 6.07 Å². The number of nitrogens with zero attached hydrogens (tertiary/aromatic N) is 1. The monoisotopic (exact) mass is 319 g/mol. The molecule has 0 radical (unpaired) electrons. The van der Waals surface area contributed by atoms with E-state index >= 15 is 0 Å². The summed E-state index contributed by atoms with van der Waals surface area (Å²) in [6.45, 7) is 2.53. The van der Waals surface area contributed by atoms with Gasteiger partial charge in [0.1, 0.15) is 5.54 Å². The summed E-state index contributed by atoms with van der Waals surface area (Å²) in [6, 6.07) is 15.7. The van der Waals surface area contributed by atoms with Crippen molar-refractivity contribution in [3.05, 3.63) is 70.2 Å². The Balaban J connectivity index is 2.20. The van der Waals surface area contributed by atoms with Crippen LogP contribution in [0.4, 0.5) is 0 Å². The van der Waals surface area contributed by atoms with E-state index in [1.165, 1.54) is 0 Å². The van der Waals surface area contributed by atoms with Gasteiger partial charge in [-0.1, -0.05) is 41.9 Å². The van der Waals surface area contributed by atoms with Crippen molar-refractivity contribution < 1.29 is 4.74 Å². The molecule has 1 unspecified atom stereocenters. The van der Waals surface area contributed by atoms with Crippen LogP contribution in [0.15, 0.2) is 53.5 Å². The third-order valence-electron chi connectivity index (χ3n) is 3.69. The largest absolute Gasteiger partial charge is 0.478 e. The first-order chi connectivity index (χ1) is 10.2. The summed E-state index contributed by atoms with van der Waals surface area (Å²) in [6.07, 6.45) is 0. The highest BCUT2D eigenvalue weighted by Gasteiger charge is 2.41. The van der Waals surface area contributed by atoms with Gasteiger partial charge >= 0.3 is 0 Å². The molecule has 2 aromatic rings. The van der Waals surface area contributed by atoms with E-state index in [1.807, 2.05) is 49.4 Å². The van der Waals surface area contributed by atoms with Crippen LogP contribution in [0.1, 0.15) is 23.6 Å². The van der Waals surface area contributed by atoms with Crippen molar-refractivity contribution in [2.24, 2.45) is 4.99 Å². The minimum Gasteiger partial charge on any atom is -0.478 e. The maximum atomic E-state index is 6.34. The SMILES string of the molecule is CCOC1=NC(CCl)(c2ccc(Cl)cc2)c2ccccc21. The first kappa shape index (κ1) is 14.4. The van der Waals surface area contributed by atoms with Crippen molar-refractivity contribution in [2.75, 3.05) is 12.5 Å². The van der Waals surface area contributed by atoms with E-state index < -0.39 is 5.54 Å². The van der Waals surface area contributed by atoms with Crippen molar-refractivity contribution in [3.63, 3.8) is 0 Å². The van der Waals surface area contributed by atoms with E-state index in [0.717, 1.165) is 16.7 Å². The Morgan fingerprint density at radius 1 is 1.10 bits per heavy atom. The van der Waals surface area contributed by atoms with Crippen molar-refractivity contribution >= 4 is 29.1 Å². The van der Waals surface area contributed by atoms with Gasteiger partial charge in [0.05, 0.1) is 12.5 Å². The van der Waals surface area contributed by atoms with Crippen LogP contribution in [0, 0.1) is 0 Å². The predicted octanol–water partition coefficient (Wildman–Crippen LogP) is 4.62. The first-order valence-corrected chi connectivity index (χ1v) is 7.77. The normalized spacial score (nSPS) is 20.0. The van der Waals surface area contributed by atoms with Crippen LogP contribution in [0.3, 0.4) is 0 Å². The number of halogens is 2. The van der Waals surface area contributed by atoms with Gasteiger partial charge in [-0.15, -0.1) is 11.6 Å². The van der Waals surface area contributed by atoms with Crippen LogP contribution in [-0.4, -0.2) is 18.4 Å². The molecule has 0 aliphatic carbocycles. The molecule has 0 aromatic heterocycles. The summed E-state index contributed by atoms with van der Waals surface area (Å²) < 4.78 is 5.70. The Morgan fingerprint density at radius 2 is 1.81 bits per heavy atom. The molecule has 1 heterocycles. The lowest BCUT2D eigenvalue weighted by Gasteiger charge is -2.25. The number of benzene rings is 2. The van der Waals surface area contributed by atoms with Crippen LogP contribution in [0.2, 0.25) is 5.02 Å². The van der Waals surface area contributed by atoms with E-state index in [1.54, 1.807) is 0 Å².